The van der Waals surface area contributed by atoms with Crippen molar-refractivity contribution in [2.24, 2.45) is 0 Å². The van der Waals surface area contributed by atoms with Crippen LogP contribution in [0.2, 0.25) is 0 Å². The Balaban J connectivity index is 2.62. The second-order valence-corrected chi connectivity index (χ2v) is 6.96. The zero-order valence-corrected chi connectivity index (χ0v) is 15.1. The Hall–Kier alpha value is -1.76. The highest BCUT2D eigenvalue weighted by Gasteiger charge is 2.21. The number of alkyl carbamates (subject to hydrolysis) is 1. The molecule has 0 unspecified atom stereocenters. The van der Waals surface area contributed by atoms with Gasteiger partial charge in [-0.1, -0.05) is 13.3 Å². The molecular weight excluding hydrogens is 318 g/mol. The van der Waals surface area contributed by atoms with E-state index in [4.69, 9.17) is 14.2 Å². The fourth-order valence-electron chi connectivity index (χ4n) is 1.86. The van der Waals surface area contributed by atoms with Crippen molar-refractivity contribution in [3.8, 4) is 5.75 Å². The van der Waals surface area contributed by atoms with Gasteiger partial charge in [-0.05, 0) is 38.6 Å². The molecule has 0 saturated heterocycles. The lowest BCUT2D eigenvalue weighted by Crippen LogP contribution is -2.42. The van der Waals surface area contributed by atoms with Crippen LogP contribution in [0.1, 0.15) is 50.2 Å². The van der Waals surface area contributed by atoms with Crippen LogP contribution in [0.3, 0.4) is 0 Å². The fraction of sp³-hybridized carbons (Fsp3) is 0.625. The summed E-state index contributed by atoms with van der Waals surface area (Å²) in [7, 11) is 1.33. The van der Waals surface area contributed by atoms with E-state index in [0.29, 0.717) is 10.6 Å². The number of methoxy groups -OCH3 is 1. The van der Waals surface area contributed by atoms with Crippen LogP contribution in [0.25, 0.3) is 0 Å². The number of esters is 1. The first-order chi connectivity index (χ1) is 10.8. The largest absolute Gasteiger partial charge is 0.490 e. The standard InChI is InChI=1S/C16H25NO5S/c1-6-7-11(17-15(19)22-16(2,3)4)10-21-12-8-9-23-13(12)14(18)20-5/h8-9,11H,6-7,10H2,1-5H3,(H,17,19)/t11-/m0/s1. The van der Waals surface area contributed by atoms with Gasteiger partial charge in [0, 0.05) is 0 Å². The zero-order chi connectivity index (χ0) is 17.5. The maximum Gasteiger partial charge on any atom is 0.407 e. The van der Waals surface area contributed by atoms with Crippen molar-refractivity contribution in [2.75, 3.05) is 13.7 Å². The highest BCUT2D eigenvalue weighted by Crippen LogP contribution is 2.25. The number of hydrogen-bond acceptors (Lipinski definition) is 6. The molecule has 0 aliphatic heterocycles. The molecule has 0 bridgehead atoms. The minimum Gasteiger partial charge on any atom is -0.490 e. The maximum atomic E-state index is 11.9. The Morgan fingerprint density at radius 2 is 2.04 bits per heavy atom. The molecule has 1 atom stereocenters. The molecule has 1 amide bonds. The van der Waals surface area contributed by atoms with Crippen molar-refractivity contribution in [2.45, 2.75) is 52.2 Å². The third kappa shape index (κ3) is 6.90. The highest BCUT2D eigenvalue weighted by atomic mass is 32.1. The molecule has 6 nitrogen and oxygen atoms in total. The Bertz CT molecular complexity index is 521. The van der Waals surface area contributed by atoms with Crippen LogP contribution in [-0.4, -0.2) is 37.4 Å². The number of nitrogens with one attached hydrogen (secondary N) is 1. The predicted octanol–water partition coefficient (Wildman–Crippen LogP) is 3.61. The zero-order valence-electron chi connectivity index (χ0n) is 14.3. The molecule has 1 N–H and O–H groups in total. The molecule has 7 heteroatoms. The molecule has 1 heterocycles. The van der Waals surface area contributed by atoms with Crippen molar-refractivity contribution < 1.29 is 23.8 Å². The Labute approximate surface area is 141 Å². The van der Waals surface area contributed by atoms with Crippen LogP contribution in [0.4, 0.5) is 4.79 Å². The Kier molecular flexibility index (Phi) is 7.35. The number of amides is 1. The number of carbonyl (C=O) groups excluding carboxylic acids is 2. The molecule has 1 rings (SSSR count). The van der Waals surface area contributed by atoms with Gasteiger partial charge in [0.15, 0.2) is 4.88 Å². The van der Waals surface area contributed by atoms with E-state index in [0.717, 1.165) is 12.8 Å². The summed E-state index contributed by atoms with van der Waals surface area (Å²) in [6, 6.07) is 1.52. The first-order valence-electron chi connectivity index (χ1n) is 7.55. The van der Waals surface area contributed by atoms with E-state index in [9.17, 15) is 9.59 Å². The minimum absolute atomic E-state index is 0.194. The van der Waals surface area contributed by atoms with Gasteiger partial charge in [0.1, 0.15) is 18.0 Å². The third-order valence-electron chi connectivity index (χ3n) is 2.80. The summed E-state index contributed by atoms with van der Waals surface area (Å²) >= 11 is 1.26. The van der Waals surface area contributed by atoms with E-state index in [2.05, 4.69) is 5.32 Å². The van der Waals surface area contributed by atoms with Gasteiger partial charge in [-0.2, -0.15) is 0 Å². The molecule has 0 aliphatic carbocycles. The summed E-state index contributed by atoms with van der Waals surface area (Å²) < 4.78 is 15.6. The summed E-state index contributed by atoms with van der Waals surface area (Å²) in [5, 5.41) is 4.56. The number of rotatable bonds is 7. The summed E-state index contributed by atoms with van der Waals surface area (Å²) in [4.78, 5) is 23.9. The van der Waals surface area contributed by atoms with Crippen molar-refractivity contribution in [3.05, 3.63) is 16.3 Å². The SMILES string of the molecule is CCC[C@@H](COc1ccsc1C(=O)OC)NC(=O)OC(C)(C)C. The molecule has 0 radical (unpaired) electrons. The average molecular weight is 343 g/mol. The van der Waals surface area contributed by atoms with Gasteiger partial charge in [0.25, 0.3) is 0 Å². The van der Waals surface area contributed by atoms with Crippen molar-refractivity contribution in [1.29, 1.82) is 0 Å². The second kappa shape index (κ2) is 8.76. The Morgan fingerprint density at radius 3 is 2.61 bits per heavy atom. The normalized spacial score (nSPS) is 12.4. The molecule has 0 spiro atoms. The monoisotopic (exact) mass is 343 g/mol. The van der Waals surface area contributed by atoms with Gasteiger partial charge in [-0.25, -0.2) is 9.59 Å². The van der Waals surface area contributed by atoms with Crippen LogP contribution in [0.5, 0.6) is 5.75 Å². The van der Waals surface area contributed by atoms with Crippen molar-refractivity contribution in [3.63, 3.8) is 0 Å². The molecule has 130 valence electrons. The van der Waals surface area contributed by atoms with E-state index < -0.39 is 17.7 Å². The predicted molar refractivity (Wildman–Crippen MR) is 89.2 cm³/mol. The minimum atomic E-state index is -0.548. The number of carbonyl (C=O) groups is 2. The molecule has 1 aromatic heterocycles. The molecule has 0 aliphatic rings. The third-order valence-corrected chi connectivity index (χ3v) is 3.67. The number of ether oxygens (including phenoxy) is 3. The lowest BCUT2D eigenvalue weighted by atomic mass is 10.2. The van der Waals surface area contributed by atoms with Crippen LogP contribution in [0, 0.1) is 0 Å². The number of thiophene rings is 1. The number of hydrogen-bond donors (Lipinski definition) is 1. The lowest BCUT2D eigenvalue weighted by molar-refractivity contribution is 0.0480. The summed E-state index contributed by atoms with van der Waals surface area (Å²) in [5.41, 5.74) is -0.548. The van der Waals surface area contributed by atoms with Gasteiger partial charge < -0.3 is 19.5 Å². The van der Waals surface area contributed by atoms with Crippen molar-refractivity contribution >= 4 is 23.4 Å². The van der Waals surface area contributed by atoms with Crippen LogP contribution < -0.4 is 10.1 Å². The van der Waals surface area contributed by atoms with Crippen LogP contribution in [-0.2, 0) is 9.47 Å². The Morgan fingerprint density at radius 1 is 1.35 bits per heavy atom. The van der Waals surface area contributed by atoms with E-state index in [-0.39, 0.29) is 12.6 Å². The van der Waals surface area contributed by atoms with Gasteiger partial charge in [0.05, 0.1) is 13.2 Å². The molecule has 0 fully saturated rings. The van der Waals surface area contributed by atoms with E-state index in [1.807, 2.05) is 27.7 Å². The second-order valence-electron chi connectivity index (χ2n) is 6.05. The maximum absolute atomic E-state index is 11.9. The smallest absolute Gasteiger partial charge is 0.407 e. The topological polar surface area (TPSA) is 73.9 Å². The first kappa shape index (κ1) is 19.3. The molecule has 23 heavy (non-hydrogen) atoms. The molecule has 0 aromatic carbocycles. The molecule has 0 saturated carbocycles. The summed E-state index contributed by atoms with van der Waals surface area (Å²) in [6.45, 7) is 7.71. The van der Waals surface area contributed by atoms with Gasteiger partial charge in [0.2, 0.25) is 0 Å². The van der Waals surface area contributed by atoms with Crippen molar-refractivity contribution in [1.82, 2.24) is 5.32 Å². The molecular formula is C16H25NO5S. The molecule has 1 aromatic rings. The van der Waals surface area contributed by atoms with Gasteiger partial charge >= 0.3 is 12.1 Å². The summed E-state index contributed by atoms with van der Waals surface area (Å²) in [6.07, 6.45) is 1.16. The van der Waals surface area contributed by atoms with E-state index in [1.54, 1.807) is 11.4 Å². The van der Waals surface area contributed by atoms with Crippen LogP contribution >= 0.6 is 11.3 Å². The fourth-order valence-corrected chi connectivity index (χ4v) is 2.61. The quantitative estimate of drug-likeness (QED) is 0.766. The summed E-state index contributed by atoms with van der Waals surface area (Å²) in [5.74, 6) is 0.0380. The highest BCUT2D eigenvalue weighted by molar-refractivity contribution is 7.12. The van der Waals surface area contributed by atoms with Gasteiger partial charge in [-0.15, -0.1) is 11.3 Å². The lowest BCUT2D eigenvalue weighted by Gasteiger charge is -2.23. The average Bonchev–Trinajstić information content (AvgIpc) is 2.90. The van der Waals surface area contributed by atoms with Gasteiger partial charge in [-0.3, -0.25) is 0 Å². The van der Waals surface area contributed by atoms with E-state index >= 15 is 0 Å². The van der Waals surface area contributed by atoms with E-state index in [1.165, 1.54) is 18.4 Å². The first-order valence-corrected chi connectivity index (χ1v) is 8.43. The van der Waals surface area contributed by atoms with Crippen LogP contribution in [0.15, 0.2) is 11.4 Å².